The van der Waals surface area contributed by atoms with E-state index in [0.29, 0.717) is 36.7 Å². The fourth-order valence-electron chi connectivity index (χ4n) is 2.34. The van der Waals surface area contributed by atoms with Crippen LogP contribution in [-0.4, -0.2) is 32.0 Å². The smallest absolute Gasteiger partial charge is 0.251 e. The van der Waals surface area contributed by atoms with Gasteiger partial charge in [0.05, 0.1) is 0 Å². The lowest BCUT2D eigenvalue weighted by Gasteiger charge is -2.12. The molecule has 0 aromatic heterocycles. The highest BCUT2D eigenvalue weighted by Crippen LogP contribution is 2.08. The molecule has 0 heterocycles. The third-order valence-electron chi connectivity index (χ3n) is 3.89. The van der Waals surface area contributed by atoms with E-state index in [1.54, 1.807) is 32.2 Å². The Balaban J connectivity index is 0.00000364. The Morgan fingerprint density at radius 3 is 2.41 bits per heavy atom. The number of hydrogen-bond donors (Lipinski definition) is 3. The zero-order valence-electron chi connectivity index (χ0n) is 15.6. The molecule has 0 unspecified atom stereocenters. The highest BCUT2D eigenvalue weighted by atomic mass is 127. The maximum atomic E-state index is 13.6. The summed E-state index contributed by atoms with van der Waals surface area (Å²) in [5.74, 6) is 0.358. The van der Waals surface area contributed by atoms with Crippen molar-refractivity contribution in [3.63, 3.8) is 0 Å². The molecule has 2 rings (SSSR count). The molecule has 0 saturated carbocycles. The Morgan fingerprint density at radius 2 is 1.74 bits per heavy atom. The number of rotatable bonds is 7. The van der Waals surface area contributed by atoms with Gasteiger partial charge < -0.3 is 16.0 Å². The van der Waals surface area contributed by atoms with Crippen molar-refractivity contribution in [1.29, 1.82) is 0 Å². The standard InChI is InChI=1S/C20H25FN4O.HI/c1-15-9-10-16(13-18(15)21)14-25-20(22-2)24-12-6-11-23-19(26)17-7-4-3-5-8-17;/h3-5,7-10,13H,6,11-12,14H2,1-2H3,(H,23,26)(H2,22,24,25);1H. The zero-order chi connectivity index (χ0) is 18.8. The number of carbonyl (C=O) groups is 1. The molecule has 7 heteroatoms. The number of carbonyl (C=O) groups excluding carboxylic acids is 1. The van der Waals surface area contributed by atoms with Gasteiger partial charge in [0.15, 0.2) is 5.96 Å². The summed E-state index contributed by atoms with van der Waals surface area (Å²) in [5.41, 5.74) is 2.14. The number of halogens is 2. The van der Waals surface area contributed by atoms with Crippen molar-refractivity contribution in [3.8, 4) is 0 Å². The summed E-state index contributed by atoms with van der Waals surface area (Å²) in [7, 11) is 1.68. The van der Waals surface area contributed by atoms with E-state index in [-0.39, 0.29) is 35.7 Å². The van der Waals surface area contributed by atoms with Crippen molar-refractivity contribution in [3.05, 3.63) is 71.0 Å². The van der Waals surface area contributed by atoms with Crippen LogP contribution in [0.1, 0.15) is 27.9 Å². The minimum absolute atomic E-state index is 0. The minimum Gasteiger partial charge on any atom is -0.356 e. The SMILES string of the molecule is CN=C(NCCCNC(=O)c1ccccc1)NCc1ccc(C)c(F)c1.I. The van der Waals surface area contributed by atoms with Crippen LogP contribution in [-0.2, 0) is 6.54 Å². The van der Waals surface area contributed by atoms with Crippen LogP contribution in [0.25, 0.3) is 0 Å². The molecule has 27 heavy (non-hydrogen) atoms. The Hall–Kier alpha value is -2.16. The molecule has 0 atom stereocenters. The first-order valence-corrected chi connectivity index (χ1v) is 8.63. The second kappa shape index (κ2) is 12.3. The van der Waals surface area contributed by atoms with Gasteiger partial charge in [-0.3, -0.25) is 9.79 Å². The van der Waals surface area contributed by atoms with Crippen molar-refractivity contribution in [1.82, 2.24) is 16.0 Å². The van der Waals surface area contributed by atoms with E-state index in [0.717, 1.165) is 12.0 Å². The van der Waals surface area contributed by atoms with E-state index in [9.17, 15) is 9.18 Å². The highest BCUT2D eigenvalue weighted by molar-refractivity contribution is 14.0. The van der Waals surface area contributed by atoms with Gasteiger partial charge in [0, 0.05) is 32.2 Å². The van der Waals surface area contributed by atoms with Crippen LogP contribution >= 0.6 is 24.0 Å². The average Bonchev–Trinajstić information content (AvgIpc) is 2.67. The van der Waals surface area contributed by atoms with Gasteiger partial charge >= 0.3 is 0 Å². The predicted octanol–water partition coefficient (Wildman–Crippen LogP) is 3.24. The zero-order valence-corrected chi connectivity index (χ0v) is 17.9. The van der Waals surface area contributed by atoms with Gasteiger partial charge in [-0.25, -0.2) is 4.39 Å². The summed E-state index contributed by atoms with van der Waals surface area (Å²) in [5, 5.41) is 9.19. The van der Waals surface area contributed by atoms with Gasteiger partial charge in [-0.1, -0.05) is 30.3 Å². The van der Waals surface area contributed by atoms with Crippen molar-refractivity contribution in [2.45, 2.75) is 19.9 Å². The van der Waals surface area contributed by atoms with Gasteiger partial charge in [-0.15, -0.1) is 24.0 Å². The van der Waals surface area contributed by atoms with E-state index < -0.39 is 0 Å². The molecule has 2 aromatic carbocycles. The first-order valence-electron chi connectivity index (χ1n) is 8.63. The first kappa shape index (κ1) is 22.9. The second-order valence-corrected chi connectivity index (χ2v) is 5.91. The molecule has 0 bridgehead atoms. The first-order chi connectivity index (χ1) is 12.6. The molecule has 0 radical (unpaired) electrons. The molecule has 0 aliphatic rings. The third-order valence-corrected chi connectivity index (χ3v) is 3.89. The quantitative estimate of drug-likeness (QED) is 0.245. The normalized spacial score (nSPS) is 10.7. The van der Waals surface area contributed by atoms with Crippen molar-refractivity contribution >= 4 is 35.8 Å². The van der Waals surface area contributed by atoms with E-state index in [1.807, 2.05) is 24.3 Å². The summed E-state index contributed by atoms with van der Waals surface area (Å²) in [4.78, 5) is 16.0. The fourth-order valence-corrected chi connectivity index (χ4v) is 2.34. The molecule has 2 aromatic rings. The summed E-state index contributed by atoms with van der Waals surface area (Å²) in [6.45, 7) is 3.46. The molecule has 0 spiro atoms. The maximum absolute atomic E-state index is 13.6. The van der Waals surface area contributed by atoms with Crippen molar-refractivity contribution in [2.75, 3.05) is 20.1 Å². The number of hydrogen-bond acceptors (Lipinski definition) is 2. The average molecular weight is 484 g/mol. The van der Waals surface area contributed by atoms with Crippen LogP contribution in [0.3, 0.4) is 0 Å². The van der Waals surface area contributed by atoms with Gasteiger partial charge in [0.1, 0.15) is 5.82 Å². The molecular formula is C20H26FIN4O. The predicted molar refractivity (Wildman–Crippen MR) is 118 cm³/mol. The number of amides is 1. The number of guanidine groups is 1. The summed E-state index contributed by atoms with van der Waals surface area (Å²) in [6.07, 6.45) is 0.762. The summed E-state index contributed by atoms with van der Waals surface area (Å²) < 4.78 is 13.6. The maximum Gasteiger partial charge on any atom is 0.251 e. The largest absolute Gasteiger partial charge is 0.356 e. The van der Waals surface area contributed by atoms with E-state index in [1.165, 1.54) is 6.07 Å². The Labute approximate surface area is 176 Å². The van der Waals surface area contributed by atoms with Crippen LogP contribution in [0, 0.1) is 12.7 Å². The lowest BCUT2D eigenvalue weighted by Crippen LogP contribution is -2.38. The number of benzene rings is 2. The van der Waals surface area contributed by atoms with Crippen molar-refractivity contribution < 1.29 is 9.18 Å². The molecule has 0 aliphatic carbocycles. The molecule has 1 amide bonds. The lowest BCUT2D eigenvalue weighted by atomic mass is 10.1. The number of nitrogens with one attached hydrogen (secondary N) is 3. The molecule has 5 nitrogen and oxygen atoms in total. The Morgan fingerprint density at radius 1 is 1.04 bits per heavy atom. The molecular weight excluding hydrogens is 458 g/mol. The van der Waals surface area contributed by atoms with E-state index >= 15 is 0 Å². The van der Waals surface area contributed by atoms with Crippen molar-refractivity contribution in [2.24, 2.45) is 4.99 Å². The molecule has 0 fully saturated rings. The fraction of sp³-hybridized carbons (Fsp3) is 0.300. The van der Waals surface area contributed by atoms with Crippen LogP contribution in [0.4, 0.5) is 4.39 Å². The molecule has 146 valence electrons. The molecule has 0 aliphatic heterocycles. The Bertz CT molecular complexity index is 753. The van der Waals surface area contributed by atoms with Crippen LogP contribution < -0.4 is 16.0 Å². The summed E-state index contributed by atoms with van der Waals surface area (Å²) >= 11 is 0. The number of aryl methyl sites for hydroxylation is 1. The van der Waals surface area contributed by atoms with Gasteiger partial charge in [0.25, 0.3) is 5.91 Å². The molecule has 3 N–H and O–H groups in total. The number of aliphatic imine (C=N–C) groups is 1. The molecule has 0 saturated heterocycles. The van der Waals surface area contributed by atoms with E-state index in [4.69, 9.17) is 0 Å². The Kier molecular flexibility index (Phi) is 10.4. The lowest BCUT2D eigenvalue weighted by molar-refractivity contribution is 0.0953. The van der Waals surface area contributed by atoms with E-state index in [2.05, 4.69) is 20.9 Å². The van der Waals surface area contributed by atoms with Gasteiger partial charge in [0.2, 0.25) is 0 Å². The van der Waals surface area contributed by atoms with Gasteiger partial charge in [-0.2, -0.15) is 0 Å². The van der Waals surface area contributed by atoms with Crippen LogP contribution in [0.2, 0.25) is 0 Å². The monoisotopic (exact) mass is 484 g/mol. The van der Waals surface area contributed by atoms with Crippen LogP contribution in [0.5, 0.6) is 0 Å². The highest BCUT2D eigenvalue weighted by Gasteiger charge is 2.04. The second-order valence-electron chi connectivity index (χ2n) is 5.91. The summed E-state index contributed by atoms with van der Waals surface area (Å²) in [6, 6.07) is 14.3. The third kappa shape index (κ3) is 7.94. The van der Waals surface area contributed by atoms with Crippen LogP contribution in [0.15, 0.2) is 53.5 Å². The minimum atomic E-state index is -0.207. The van der Waals surface area contributed by atoms with Gasteiger partial charge in [-0.05, 0) is 42.7 Å². The topological polar surface area (TPSA) is 65.5 Å². The number of nitrogens with zero attached hydrogens (tertiary/aromatic N) is 1.